The van der Waals surface area contributed by atoms with Crippen LogP contribution in [0.15, 0.2) is 18.2 Å². The number of amides is 1. The van der Waals surface area contributed by atoms with Gasteiger partial charge >= 0.3 is 0 Å². The number of carbonyl (C=O) groups excluding carboxylic acids is 1. The fourth-order valence-electron chi connectivity index (χ4n) is 1.99. The van der Waals surface area contributed by atoms with Gasteiger partial charge in [0, 0.05) is 25.7 Å². The Morgan fingerprint density at radius 3 is 2.93 bits per heavy atom. The highest BCUT2D eigenvalue weighted by Gasteiger charge is 2.18. The van der Waals surface area contributed by atoms with Crippen molar-refractivity contribution in [1.82, 2.24) is 0 Å². The molecule has 2 rings (SSSR count). The van der Waals surface area contributed by atoms with E-state index in [4.69, 9.17) is 5.73 Å². The number of nitrogens with two attached hydrogens (primary N) is 1. The number of aryl methyl sites for hydroxylation is 1. The zero-order valence-corrected chi connectivity index (χ0v) is 8.99. The Balaban J connectivity index is 2.45. The molecule has 0 saturated heterocycles. The second kappa shape index (κ2) is 4.03. The Bertz CT molecular complexity index is 387. The summed E-state index contributed by atoms with van der Waals surface area (Å²) < 4.78 is 0. The van der Waals surface area contributed by atoms with E-state index in [1.54, 1.807) is 4.90 Å². The second-order valence-electron chi connectivity index (χ2n) is 3.97. The SMILES string of the molecule is CN1C(=O)CCCc2ccc(CN)cc21. The maximum atomic E-state index is 11.7. The fourth-order valence-corrected chi connectivity index (χ4v) is 1.99. The van der Waals surface area contributed by atoms with Crippen LogP contribution in [0.2, 0.25) is 0 Å². The van der Waals surface area contributed by atoms with Gasteiger partial charge in [0.25, 0.3) is 0 Å². The highest BCUT2D eigenvalue weighted by molar-refractivity contribution is 5.94. The predicted molar refractivity (Wildman–Crippen MR) is 60.7 cm³/mol. The lowest BCUT2D eigenvalue weighted by Crippen LogP contribution is -2.25. The number of nitrogens with zero attached hydrogens (tertiary/aromatic N) is 1. The Kier molecular flexibility index (Phi) is 2.73. The standard InChI is InChI=1S/C12H16N2O/c1-14-11-7-9(8-13)5-6-10(11)3-2-4-12(14)15/h5-7H,2-4,8,13H2,1H3. The Hall–Kier alpha value is -1.35. The lowest BCUT2D eigenvalue weighted by atomic mass is 10.0. The van der Waals surface area contributed by atoms with E-state index in [1.807, 2.05) is 19.2 Å². The third-order valence-electron chi connectivity index (χ3n) is 2.96. The van der Waals surface area contributed by atoms with Gasteiger partial charge in [-0.2, -0.15) is 0 Å². The van der Waals surface area contributed by atoms with Crippen molar-refractivity contribution in [2.75, 3.05) is 11.9 Å². The van der Waals surface area contributed by atoms with Crippen molar-refractivity contribution in [1.29, 1.82) is 0 Å². The lowest BCUT2D eigenvalue weighted by Gasteiger charge is -2.18. The van der Waals surface area contributed by atoms with Gasteiger partial charge in [-0.15, -0.1) is 0 Å². The highest BCUT2D eigenvalue weighted by atomic mass is 16.2. The number of fused-ring (bicyclic) bond motifs is 1. The maximum Gasteiger partial charge on any atom is 0.226 e. The van der Waals surface area contributed by atoms with Crippen molar-refractivity contribution in [3.8, 4) is 0 Å². The normalized spacial score (nSPS) is 16.1. The van der Waals surface area contributed by atoms with Crippen molar-refractivity contribution < 1.29 is 4.79 Å². The van der Waals surface area contributed by atoms with E-state index in [1.165, 1.54) is 5.56 Å². The van der Waals surface area contributed by atoms with Crippen LogP contribution >= 0.6 is 0 Å². The van der Waals surface area contributed by atoms with Gasteiger partial charge in [0.2, 0.25) is 5.91 Å². The molecule has 0 fully saturated rings. The predicted octanol–water partition coefficient (Wildman–Crippen LogP) is 1.44. The van der Waals surface area contributed by atoms with Gasteiger partial charge in [-0.05, 0) is 30.0 Å². The van der Waals surface area contributed by atoms with E-state index in [9.17, 15) is 4.79 Å². The van der Waals surface area contributed by atoms with Crippen LogP contribution in [0.4, 0.5) is 5.69 Å². The highest BCUT2D eigenvalue weighted by Crippen LogP contribution is 2.26. The van der Waals surface area contributed by atoms with Gasteiger partial charge in [-0.1, -0.05) is 12.1 Å². The lowest BCUT2D eigenvalue weighted by molar-refractivity contribution is -0.118. The molecule has 1 aliphatic heterocycles. The summed E-state index contributed by atoms with van der Waals surface area (Å²) in [7, 11) is 1.84. The first-order valence-corrected chi connectivity index (χ1v) is 5.31. The number of carbonyl (C=O) groups is 1. The minimum atomic E-state index is 0.197. The van der Waals surface area contributed by atoms with Crippen LogP contribution < -0.4 is 10.6 Å². The third kappa shape index (κ3) is 1.88. The van der Waals surface area contributed by atoms with Crippen LogP contribution in [0.25, 0.3) is 0 Å². The summed E-state index contributed by atoms with van der Waals surface area (Å²) in [5.41, 5.74) is 8.96. The first kappa shape index (κ1) is 10.2. The van der Waals surface area contributed by atoms with Crippen LogP contribution in [0, 0.1) is 0 Å². The van der Waals surface area contributed by atoms with Gasteiger partial charge in [-0.25, -0.2) is 0 Å². The first-order valence-electron chi connectivity index (χ1n) is 5.31. The molecule has 0 atom stereocenters. The number of hydrogen-bond donors (Lipinski definition) is 1. The fraction of sp³-hybridized carbons (Fsp3) is 0.417. The molecular formula is C12H16N2O. The van der Waals surface area contributed by atoms with E-state index in [0.717, 1.165) is 24.1 Å². The molecule has 1 aliphatic rings. The Labute approximate surface area is 89.9 Å². The van der Waals surface area contributed by atoms with E-state index in [2.05, 4.69) is 6.07 Å². The molecule has 3 heteroatoms. The van der Waals surface area contributed by atoms with Crippen LogP contribution in [0.1, 0.15) is 24.0 Å². The summed E-state index contributed by atoms with van der Waals surface area (Å²) >= 11 is 0. The van der Waals surface area contributed by atoms with E-state index < -0.39 is 0 Å². The first-order chi connectivity index (χ1) is 7.22. The molecule has 1 amide bonds. The number of hydrogen-bond acceptors (Lipinski definition) is 2. The molecule has 0 unspecified atom stereocenters. The Morgan fingerprint density at radius 2 is 2.20 bits per heavy atom. The average molecular weight is 204 g/mol. The van der Waals surface area contributed by atoms with Crippen molar-refractivity contribution in [3.05, 3.63) is 29.3 Å². The largest absolute Gasteiger partial charge is 0.326 e. The third-order valence-corrected chi connectivity index (χ3v) is 2.96. The minimum absolute atomic E-state index is 0.197. The molecule has 0 radical (unpaired) electrons. The summed E-state index contributed by atoms with van der Waals surface area (Å²) in [5, 5.41) is 0. The quantitative estimate of drug-likeness (QED) is 0.752. The molecule has 1 heterocycles. The summed E-state index contributed by atoms with van der Waals surface area (Å²) in [4.78, 5) is 13.4. The van der Waals surface area contributed by atoms with E-state index in [0.29, 0.717) is 13.0 Å². The van der Waals surface area contributed by atoms with Crippen LogP contribution in [0.3, 0.4) is 0 Å². The van der Waals surface area contributed by atoms with Gasteiger partial charge < -0.3 is 10.6 Å². The zero-order chi connectivity index (χ0) is 10.8. The average Bonchev–Trinajstić information content (AvgIpc) is 2.40. The van der Waals surface area contributed by atoms with Gasteiger partial charge in [0.05, 0.1) is 0 Å². The molecule has 0 saturated carbocycles. The molecule has 1 aromatic carbocycles. The summed E-state index contributed by atoms with van der Waals surface area (Å²) in [6, 6.07) is 6.16. The number of anilines is 1. The van der Waals surface area contributed by atoms with Crippen molar-refractivity contribution in [3.63, 3.8) is 0 Å². The summed E-state index contributed by atoms with van der Waals surface area (Å²) in [5.74, 6) is 0.197. The van der Waals surface area contributed by atoms with Crippen molar-refractivity contribution in [2.45, 2.75) is 25.8 Å². The topological polar surface area (TPSA) is 46.3 Å². The zero-order valence-electron chi connectivity index (χ0n) is 8.99. The molecule has 0 spiro atoms. The molecule has 1 aromatic rings. The second-order valence-corrected chi connectivity index (χ2v) is 3.97. The van der Waals surface area contributed by atoms with Gasteiger partial charge in [0.15, 0.2) is 0 Å². The maximum absolute atomic E-state index is 11.7. The summed E-state index contributed by atoms with van der Waals surface area (Å²) in [6.07, 6.45) is 2.57. The van der Waals surface area contributed by atoms with Crippen LogP contribution in [0.5, 0.6) is 0 Å². The molecule has 15 heavy (non-hydrogen) atoms. The molecule has 80 valence electrons. The monoisotopic (exact) mass is 204 g/mol. The molecule has 0 bridgehead atoms. The van der Waals surface area contributed by atoms with Crippen molar-refractivity contribution in [2.24, 2.45) is 5.73 Å². The van der Waals surface area contributed by atoms with Gasteiger partial charge in [0.1, 0.15) is 0 Å². The molecule has 2 N–H and O–H groups in total. The number of benzene rings is 1. The molecular weight excluding hydrogens is 188 g/mol. The van der Waals surface area contributed by atoms with Crippen molar-refractivity contribution >= 4 is 11.6 Å². The van der Waals surface area contributed by atoms with Gasteiger partial charge in [-0.3, -0.25) is 4.79 Å². The smallest absolute Gasteiger partial charge is 0.226 e. The minimum Gasteiger partial charge on any atom is -0.326 e. The summed E-state index contributed by atoms with van der Waals surface area (Å²) in [6.45, 7) is 0.523. The Morgan fingerprint density at radius 1 is 1.40 bits per heavy atom. The molecule has 0 aromatic heterocycles. The van der Waals surface area contributed by atoms with Crippen LogP contribution in [-0.2, 0) is 17.8 Å². The van der Waals surface area contributed by atoms with E-state index in [-0.39, 0.29) is 5.91 Å². The molecule has 3 nitrogen and oxygen atoms in total. The number of rotatable bonds is 1. The molecule has 0 aliphatic carbocycles. The van der Waals surface area contributed by atoms with Crippen LogP contribution in [-0.4, -0.2) is 13.0 Å². The van der Waals surface area contributed by atoms with E-state index >= 15 is 0 Å².